The van der Waals surface area contributed by atoms with E-state index in [0.29, 0.717) is 18.4 Å². The summed E-state index contributed by atoms with van der Waals surface area (Å²) in [5.74, 6) is -0.904. The Morgan fingerprint density at radius 2 is 2.14 bits per heavy atom. The first-order valence-electron chi connectivity index (χ1n) is 4.36. The lowest BCUT2D eigenvalue weighted by molar-refractivity contribution is 0.287. The summed E-state index contributed by atoms with van der Waals surface area (Å²) in [6, 6.07) is 2.73. The summed E-state index contributed by atoms with van der Waals surface area (Å²) < 4.78 is 17.7. The Kier molecular flexibility index (Phi) is 3.71. The number of ether oxygens (including phenoxy) is 1. The third kappa shape index (κ3) is 2.14. The van der Waals surface area contributed by atoms with E-state index in [0.717, 1.165) is 0 Å². The highest BCUT2D eigenvalue weighted by atomic mass is 19.1. The molecule has 0 radical (unpaired) electrons. The summed E-state index contributed by atoms with van der Waals surface area (Å²) in [6.45, 7) is 0.0408. The zero-order valence-electron chi connectivity index (χ0n) is 7.96. The van der Waals surface area contributed by atoms with Crippen LogP contribution in [0.5, 0.6) is 11.5 Å². The molecule has 4 heteroatoms. The average molecular weight is 200 g/mol. The molecule has 1 aromatic carbocycles. The molecule has 0 aliphatic rings. The van der Waals surface area contributed by atoms with Gasteiger partial charge in [-0.05, 0) is 24.5 Å². The van der Waals surface area contributed by atoms with Gasteiger partial charge >= 0.3 is 0 Å². The van der Waals surface area contributed by atoms with Crippen molar-refractivity contribution in [2.45, 2.75) is 12.8 Å². The zero-order chi connectivity index (χ0) is 10.6. The van der Waals surface area contributed by atoms with Gasteiger partial charge in [-0.2, -0.15) is 0 Å². The minimum Gasteiger partial charge on any atom is -0.504 e. The second kappa shape index (κ2) is 4.81. The Balaban J connectivity index is 2.96. The number of rotatable bonds is 4. The molecule has 0 aromatic heterocycles. The highest BCUT2D eigenvalue weighted by Crippen LogP contribution is 2.33. The van der Waals surface area contributed by atoms with Gasteiger partial charge in [-0.3, -0.25) is 0 Å². The molecule has 0 amide bonds. The predicted octanol–water partition coefficient (Wildman–Crippen LogP) is 1.46. The van der Waals surface area contributed by atoms with E-state index < -0.39 is 5.82 Å². The molecule has 1 rings (SSSR count). The van der Waals surface area contributed by atoms with Gasteiger partial charge in [0.25, 0.3) is 0 Å². The standard InChI is InChI=1S/C10H13FO3/c1-14-10-8(11)5-4-7(9(10)13)3-2-6-12/h4-5,12-13H,2-3,6H2,1H3. The van der Waals surface area contributed by atoms with Crippen LogP contribution in [-0.4, -0.2) is 23.9 Å². The number of phenolic OH excluding ortho intramolecular Hbond substituents is 1. The molecule has 14 heavy (non-hydrogen) atoms. The van der Waals surface area contributed by atoms with Crippen molar-refractivity contribution in [1.82, 2.24) is 0 Å². The van der Waals surface area contributed by atoms with E-state index in [4.69, 9.17) is 9.84 Å². The van der Waals surface area contributed by atoms with Crippen molar-refractivity contribution < 1.29 is 19.3 Å². The van der Waals surface area contributed by atoms with E-state index in [1.807, 2.05) is 0 Å². The van der Waals surface area contributed by atoms with Gasteiger partial charge in [0.05, 0.1) is 7.11 Å². The molecule has 2 N–H and O–H groups in total. The van der Waals surface area contributed by atoms with Gasteiger partial charge < -0.3 is 14.9 Å². The molecule has 3 nitrogen and oxygen atoms in total. The minimum atomic E-state index is -0.585. The summed E-state index contributed by atoms with van der Waals surface area (Å²) in [7, 11) is 1.30. The number of halogens is 1. The lowest BCUT2D eigenvalue weighted by Gasteiger charge is -2.08. The molecule has 0 saturated carbocycles. The summed E-state index contributed by atoms with van der Waals surface area (Å²) >= 11 is 0. The first kappa shape index (κ1) is 10.8. The molecule has 0 fully saturated rings. The normalized spacial score (nSPS) is 10.2. The van der Waals surface area contributed by atoms with Gasteiger partial charge in [0, 0.05) is 6.61 Å². The lowest BCUT2D eigenvalue weighted by Crippen LogP contribution is -1.95. The van der Waals surface area contributed by atoms with E-state index in [9.17, 15) is 9.50 Å². The van der Waals surface area contributed by atoms with Crippen LogP contribution < -0.4 is 4.74 Å². The summed E-state index contributed by atoms with van der Waals surface area (Å²) in [6.07, 6.45) is 1.03. The van der Waals surface area contributed by atoms with Crippen molar-refractivity contribution in [3.05, 3.63) is 23.5 Å². The third-order valence-corrected chi connectivity index (χ3v) is 1.98. The van der Waals surface area contributed by atoms with Crippen LogP contribution in [-0.2, 0) is 6.42 Å². The largest absolute Gasteiger partial charge is 0.504 e. The average Bonchev–Trinajstić information content (AvgIpc) is 2.18. The number of aliphatic hydroxyl groups is 1. The maximum atomic E-state index is 13.0. The number of aromatic hydroxyl groups is 1. The Morgan fingerprint density at radius 3 is 2.71 bits per heavy atom. The fourth-order valence-corrected chi connectivity index (χ4v) is 1.25. The number of aryl methyl sites for hydroxylation is 1. The monoisotopic (exact) mass is 200 g/mol. The fourth-order valence-electron chi connectivity index (χ4n) is 1.25. The van der Waals surface area contributed by atoms with Gasteiger partial charge in [0.2, 0.25) is 0 Å². The van der Waals surface area contributed by atoms with Crippen LogP contribution in [0.25, 0.3) is 0 Å². The first-order chi connectivity index (χ1) is 6.70. The van der Waals surface area contributed by atoms with E-state index in [1.165, 1.54) is 19.2 Å². The number of hydrogen-bond donors (Lipinski definition) is 2. The van der Waals surface area contributed by atoms with E-state index >= 15 is 0 Å². The van der Waals surface area contributed by atoms with Gasteiger partial charge in [0.15, 0.2) is 17.3 Å². The Labute approximate surface area is 81.8 Å². The van der Waals surface area contributed by atoms with E-state index in [-0.39, 0.29) is 18.1 Å². The van der Waals surface area contributed by atoms with Gasteiger partial charge in [-0.25, -0.2) is 4.39 Å². The molecule has 0 atom stereocenters. The van der Waals surface area contributed by atoms with Crippen LogP contribution in [0, 0.1) is 5.82 Å². The van der Waals surface area contributed by atoms with Crippen LogP contribution in [0.3, 0.4) is 0 Å². The zero-order valence-corrected chi connectivity index (χ0v) is 7.96. The van der Waals surface area contributed by atoms with Gasteiger partial charge in [-0.1, -0.05) is 6.07 Å². The van der Waals surface area contributed by atoms with Crippen LogP contribution in [0.2, 0.25) is 0 Å². The molecular formula is C10H13FO3. The van der Waals surface area contributed by atoms with Crippen LogP contribution >= 0.6 is 0 Å². The van der Waals surface area contributed by atoms with Gasteiger partial charge in [0.1, 0.15) is 0 Å². The number of aliphatic hydroxyl groups excluding tert-OH is 1. The quantitative estimate of drug-likeness (QED) is 0.773. The Bertz CT molecular complexity index is 312. The minimum absolute atomic E-state index is 0.0408. The lowest BCUT2D eigenvalue weighted by atomic mass is 10.1. The smallest absolute Gasteiger partial charge is 0.196 e. The SMILES string of the molecule is COc1c(F)ccc(CCCO)c1O. The molecular weight excluding hydrogens is 187 g/mol. The molecule has 1 aromatic rings. The summed E-state index contributed by atoms with van der Waals surface area (Å²) in [5, 5.41) is 18.2. The van der Waals surface area contributed by atoms with Crippen molar-refractivity contribution in [3.63, 3.8) is 0 Å². The molecule has 0 spiro atoms. The summed E-state index contributed by atoms with van der Waals surface area (Å²) in [4.78, 5) is 0. The van der Waals surface area contributed by atoms with E-state index in [2.05, 4.69) is 0 Å². The molecule has 0 saturated heterocycles. The molecule has 0 unspecified atom stereocenters. The van der Waals surface area contributed by atoms with Crippen LogP contribution in [0.1, 0.15) is 12.0 Å². The van der Waals surface area contributed by atoms with Gasteiger partial charge in [-0.15, -0.1) is 0 Å². The molecule has 0 bridgehead atoms. The van der Waals surface area contributed by atoms with Crippen molar-refractivity contribution in [2.24, 2.45) is 0 Å². The number of methoxy groups -OCH3 is 1. The predicted molar refractivity (Wildman–Crippen MR) is 50.0 cm³/mol. The highest BCUT2D eigenvalue weighted by Gasteiger charge is 2.12. The highest BCUT2D eigenvalue weighted by molar-refractivity contribution is 5.46. The molecule has 0 aliphatic carbocycles. The maximum absolute atomic E-state index is 13.0. The number of hydrogen-bond acceptors (Lipinski definition) is 3. The van der Waals surface area contributed by atoms with E-state index in [1.54, 1.807) is 0 Å². The summed E-state index contributed by atoms with van der Waals surface area (Å²) in [5.41, 5.74) is 0.581. The number of benzene rings is 1. The maximum Gasteiger partial charge on any atom is 0.196 e. The number of phenols is 1. The fraction of sp³-hybridized carbons (Fsp3) is 0.400. The molecule has 0 heterocycles. The Morgan fingerprint density at radius 1 is 1.43 bits per heavy atom. The second-order valence-corrected chi connectivity index (χ2v) is 2.92. The van der Waals surface area contributed by atoms with Crippen LogP contribution in [0.15, 0.2) is 12.1 Å². The topological polar surface area (TPSA) is 49.7 Å². The molecule has 78 valence electrons. The van der Waals surface area contributed by atoms with Crippen molar-refractivity contribution in [1.29, 1.82) is 0 Å². The second-order valence-electron chi connectivity index (χ2n) is 2.92. The third-order valence-electron chi connectivity index (χ3n) is 1.98. The van der Waals surface area contributed by atoms with Crippen LogP contribution in [0.4, 0.5) is 4.39 Å². The Hall–Kier alpha value is -1.29. The van der Waals surface area contributed by atoms with Crippen molar-refractivity contribution >= 4 is 0 Å². The van der Waals surface area contributed by atoms with Crippen molar-refractivity contribution in [2.75, 3.05) is 13.7 Å². The molecule has 0 aliphatic heterocycles. The van der Waals surface area contributed by atoms with Crippen molar-refractivity contribution in [3.8, 4) is 11.5 Å². The first-order valence-corrected chi connectivity index (χ1v) is 4.36.